The van der Waals surface area contributed by atoms with Gasteiger partial charge in [-0.25, -0.2) is 4.98 Å². The van der Waals surface area contributed by atoms with Gasteiger partial charge in [0.1, 0.15) is 6.33 Å². The largest absolute Gasteiger partial charge is 0.374 e. The molecule has 3 atom stereocenters. The smallest absolute Gasteiger partial charge is 0.153 e. The Bertz CT molecular complexity index is 851. The standard InChI is InChI=1S/C22H31ClN4O2S/c1-26-15-24-22(25-26)17-5-9-19(10-6-17)27-12-21(14-30(2)28)29-13-20(27)11-16-3-7-18(23)8-4-16/h3-4,7-8,15,17,19-21H,5-6,9-14H2,1-2H3. The van der Waals surface area contributed by atoms with Crippen molar-refractivity contribution in [2.75, 3.05) is 25.2 Å². The summed E-state index contributed by atoms with van der Waals surface area (Å²) < 4.78 is 19.7. The Labute approximate surface area is 186 Å². The number of benzene rings is 1. The van der Waals surface area contributed by atoms with E-state index in [0.29, 0.717) is 30.4 Å². The maximum Gasteiger partial charge on any atom is 0.153 e. The van der Waals surface area contributed by atoms with Crippen molar-refractivity contribution in [3.8, 4) is 0 Å². The molecular formula is C22H31ClN4O2S. The zero-order chi connectivity index (χ0) is 21.1. The van der Waals surface area contributed by atoms with Gasteiger partial charge in [-0.2, -0.15) is 5.10 Å². The zero-order valence-electron chi connectivity index (χ0n) is 17.7. The molecule has 1 aliphatic heterocycles. The molecule has 2 heterocycles. The summed E-state index contributed by atoms with van der Waals surface area (Å²) in [7, 11) is 1.08. The van der Waals surface area contributed by atoms with E-state index < -0.39 is 10.8 Å². The minimum absolute atomic E-state index is 0.0486. The Morgan fingerprint density at radius 3 is 2.57 bits per heavy atom. The molecule has 4 rings (SSSR count). The van der Waals surface area contributed by atoms with Crippen molar-refractivity contribution in [1.29, 1.82) is 0 Å². The van der Waals surface area contributed by atoms with Gasteiger partial charge in [0.25, 0.3) is 0 Å². The van der Waals surface area contributed by atoms with Crippen LogP contribution in [0.4, 0.5) is 0 Å². The van der Waals surface area contributed by atoms with Crippen molar-refractivity contribution in [3.05, 3.63) is 47.0 Å². The number of morpholine rings is 1. The number of hydrogen-bond donors (Lipinski definition) is 0. The van der Waals surface area contributed by atoms with Gasteiger partial charge in [0.05, 0.1) is 18.5 Å². The molecular weight excluding hydrogens is 420 g/mol. The lowest BCUT2D eigenvalue weighted by Gasteiger charge is -2.46. The predicted molar refractivity (Wildman–Crippen MR) is 120 cm³/mol. The van der Waals surface area contributed by atoms with Crippen LogP contribution in [0, 0.1) is 0 Å². The van der Waals surface area contributed by atoms with Gasteiger partial charge >= 0.3 is 0 Å². The third-order valence-electron chi connectivity index (χ3n) is 6.36. The topological polar surface area (TPSA) is 60.2 Å². The molecule has 0 N–H and O–H groups in total. The van der Waals surface area contributed by atoms with Crippen LogP contribution in [0.25, 0.3) is 0 Å². The Hall–Kier alpha value is -1.28. The average molecular weight is 451 g/mol. The molecule has 164 valence electrons. The molecule has 1 saturated carbocycles. The summed E-state index contributed by atoms with van der Waals surface area (Å²) in [6.07, 6.45) is 9.06. The highest BCUT2D eigenvalue weighted by Gasteiger charge is 2.36. The highest BCUT2D eigenvalue weighted by molar-refractivity contribution is 7.84. The van der Waals surface area contributed by atoms with Crippen LogP contribution in [0.3, 0.4) is 0 Å². The van der Waals surface area contributed by atoms with E-state index in [-0.39, 0.29) is 6.10 Å². The van der Waals surface area contributed by atoms with Crippen LogP contribution in [0.2, 0.25) is 5.02 Å². The Balaban J connectivity index is 1.44. The molecule has 2 aromatic rings. The molecule has 0 radical (unpaired) electrons. The first-order chi connectivity index (χ1) is 14.5. The number of halogens is 1. The zero-order valence-corrected chi connectivity index (χ0v) is 19.3. The number of nitrogens with zero attached hydrogens (tertiary/aromatic N) is 4. The first-order valence-electron chi connectivity index (χ1n) is 10.7. The molecule has 1 aromatic carbocycles. The number of aromatic nitrogens is 3. The molecule has 2 fully saturated rings. The molecule has 6 nitrogen and oxygen atoms in total. The van der Waals surface area contributed by atoms with Crippen molar-refractivity contribution < 1.29 is 8.95 Å². The lowest BCUT2D eigenvalue weighted by atomic mass is 9.83. The van der Waals surface area contributed by atoms with Gasteiger partial charge in [0.15, 0.2) is 5.82 Å². The van der Waals surface area contributed by atoms with Crippen LogP contribution in [0.15, 0.2) is 30.6 Å². The number of rotatable bonds is 6. The van der Waals surface area contributed by atoms with Crippen LogP contribution in [0.1, 0.15) is 43.0 Å². The van der Waals surface area contributed by atoms with E-state index in [1.165, 1.54) is 5.56 Å². The molecule has 3 unspecified atom stereocenters. The normalized spacial score (nSPS) is 29.0. The maximum absolute atomic E-state index is 11.8. The second-order valence-electron chi connectivity index (χ2n) is 8.66. The van der Waals surface area contributed by atoms with E-state index in [2.05, 4.69) is 27.1 Å². The van der Waals surface area contributed by atoms with Crippen molar-refractivity contribution in [2.45, 2.75) is 56.2 Å². The van der Waals surface area contributed by atoms with Gasteiger partial charge in [0, 0.05) is 53.7 Å². The Kier molecular flexibility index (Phi) is 7.24. The average Bonchev–Trinajstić information content (AvgIpc) is 3.17. The van der Waals surface area contributed by atoms with E-state index >= 15 is 0 Å². The van der Waals surface area contributed by atoms with E-state index in [9.17, 15) is 4.21 Å². The van der Waals surface area contributed by atoms with Gasteiger partial charge in [0.2, 0.25) is 0 Å². The number of ether oxygens (including phenoxy) is 1. The van der Waals surface area contributed by atoms with Crippen molar-refractivity contribution in [2.24, 2.45) is 7.05 Å². The van der Waals surface area contributed by atoms with Gasteiger partial charge in [-0.05, 0) is 49.8 Å². The third kappa shape index (κ3) is 5.49. The Morgan fingerprint density at radius 1 is 1.20 bits per heavy atom. The summed E-state index contributed by atoms with van der Waals surface area (Å²) in [5.74, 6) is 2.05. The first kappa shape index (κ1) is 21.9. The fourth-order valence-electron chi connectivity index (χ4n) is 4.87. The fraction of sp³-hybridized carbons (Fsp3) is 0.636. The second kappa shape index (κ2) is 9.90. The van der Waals surface area contributed by atoms with Crippen LogP contribution < -0.4 is 0 Å². The molecule has 1 aromatic heterocycles. The third-order valence-corrected chi connectivity index (χ3v) is 7.45. The molecule has 0 amide bonds. The molecule has 0 spiro atoms. The molecule has 1 aliphatic carbocycles. The monoisotopic (exact) mass is 450 g/mol. The van der Waals surface area contributed by atoms with Crippen LogP contribution in [-0.2, 0) is 29.0 Å². The fourth-order valence-corrected chi connectivity index (χ4v) is 5.72. The summed E-state index contributed by atoms with van der Waals surface area (Å²) in [6.45, 7) is 1.54. The predicted octanol–water partition coefficient (Wildman–Crippen LogP) is 3.19. The molecule has 1 saturated heterocycles. The molecule has 30 heavy (non-hydrogen) atoms. The van der Waals surface area contributed by atoms with Crippen molar-refractivity contribution >= 4 is 22.4 Å². The SMILES string of the molecule is Cn1cnc(C2CCC(N3CC(CS(C)=O)OCC3Cc3ccc(Cl)cc3)CC2)n1. The summed E-state index contributed by atoms with van der Waals surface area (Å²) in [5, 5.41) is 5.29. The maximum atomic E-state index is 11.8. The summed E-state index contributed by atoms with van der Waals surface area (Å²) in [5.41, 5.74) is 1.28. The van der Waals surface area contributed by atoms with Crippen LogP contribution >= 0.6 is 11.6 Å². The van der Waals surface area contributed by atoms with Gasteiger partial charge in [-0.1, -0.05) is 23.7 Å². The van der Waals surface area contributed by atoms with E-state index in [4.69, 9.17) is 16.3 Å². The summed E-state index contributed by atoms with van der Waals surface area (Å²) in [6, 6.07) is 8.99. The minimum atomic E-state index is -0.848. The minimum Gasteiger partial charge on any atom is -0.374 e. The van der Waals surface area contributed by atoms with E-state index in [1.54, 1.807) is 17.3 Å². The quantitative estimate of drug-likeness (QED) is 0.676. The molecule has 2 aliphatic rings. The highest BCUT2D eigenvalue weighted by atomic mass is 35.5. The second-order valence-corrected chi connectivity index (χ2v) is 10.6. The van der Waals surface area contributed by atoms with Gasteiger partial charge in [-0.3, -0.25) is 13.8 Å². The highest BCUT2D eigenvalue weighted by Crippen LogP contribution is 2.35. The van der Waals surface area contributed by atoms with Crippen molar-refractivity contribution in [1.82, 2.24) is 19.7 Å². The van der Waals surface area contributed by atoms with Gasteiger partial charge < -0.3 is 4.74 Å². The van der Waals surface area contributed by atoms with E-state index in [0.717, 1.165) is 49.5 Å². The first-order valence-corrected chi connectivity index (χ1v) is 12.9. The summed E-state index contributed by atoms with van der Waals surface area (Å²) in [4.78, 5) is 7.11. The van der Waals surface area contributed by atoms with Crippen molar-refractivity contribution in [3.63, 3.8) is 0 Å². The van der Waals surface area contributed by atoms with Crippen LogP contribution in [0.5, 0.6) is 0 Å². The van der Waals surface area contributed by atoms with Gasteiger partial charge in [-0.15, -0.1) is 0 Å². The molecule has 8 heteroatoms. The lowest BCUT2D eigenvalue weighted by Crippen LogP contribution is -2.56. The van der Waals surface area contributed by atoms with Crippen LogP contribution in [-0.4, -0.2) is 67.2 Å². The molecule has 0 bridgehead atoms. The Morgan fingerprint density at radius 2 is 1.93 bits per heavy atom. The van der Waals surface area contributed by atoms with E-state index in [1.807, 2.05) is 19.2 Å². The number of aryl methyl sites for hydroxylation is 1. The lowest BCUT2D eigenvalue weighted by molar-refractivity contribution is -0.0754. The summed E-state index contributed by atoms with van der Waals surface area (Å²) >= 11 is 6.06. The number of hydrogen-bond acceptors (Lipinski definition) is 5.